The van der Waals surface area contributed by atoms with Gasteiger partial charge in [-0.15, -0.1) is 0 Å². The maximum atomic E-state index is 12.8. The minimum atomic E-state index is -0.442. The Morgan fingerprint density at radius 2 is 2.25 bits per heavy atom. The molecule has 0 fully saturated rings. The van der Waals surface area contributed by atoms with Gasteiger partial charge in [-0.3, -0.25) is 4.79 Å². The van der Waals surface area contributed by atoms with Gasteiger partial charge in [-0.1, -0.05) is 31.0 Å². The number of rotatable bonds is 5. The second kappa shape index (κ2) is 6.48. The van der Waals surface area contributed by atoms with Crippen LogP contribution in [0.4, 0.5) is 4.39 Å². The number of unbranched alkanes of at least 4 members (excludes halogenated alkanes) is 1. The lowest BCUT2D eigenvalue weighted by Crippen LogP contribution is -2.22. The monoisotopic (exact) mass is 243 g/mol. The molecule has 0 unspecified atom stereocenters. The van der Waals surface area contributed by atoms with Crippen molar-refractivity contribution in [1.82, 2.24) is 5.32 Å². The summed E-state index contributed by atoms with van der Waals surface area (Å²) in [5, 5.41) is 2.84. The van der Waals surface area contributed by atoms with Crippen molar-refractivity contribution < 1.29 is 9.18 Å². The van der Waals surface area contributed by atoms with E-state index in [0.29, 0.717) is 13.0 Å². The van der Waals surface area contributed by atoms with Crippen molar-refractivity contribution in [2.45, 2.75) is 32.7 Å². The van der Waals surface area contributed by atoms with Crippen LogP contribution in [0.1, 0.15) is 31.7 Å². The average Bonchev–Trinajstić information content (AvgIpc) is 2.28. The van der Waals surface area contributed by atoms with Gasteiger partial charge in [0.25, 0.3) is 0 Å². The third-order valence-corrected chi connectivity index (χ3v) is 2.52. The molecule has 0 aliphatic heterocycles. The highest BCUT2D eigenvalue weighted by atomic mass is 35.5. The minimum absolute atomic E-state index is 0.0160. The molecule has 0 radical (unpaired) electrons. The summed E-state index contributed by atoms with van der Waals surface area (Å²) >= 11 is 5.63. The zero-order valence-corrected chi connectivity index (χ0v) is 9.98. The molecule has 0 heterocycles. The van der Waals surface area contributed by atoms with Crippen molar-refractivity contribution in [2.75, 3.05) is 0 Å². The molecule has 0 bridgehead atoms. The topological polar surface area (TPSA) is 29.1 Å². The number of hydrogen-bond acceptors (Lipinski definition) is 1. The number of benzene rings is 1. The summed E-state index contributed by atoms with van der Waals surface area (Å²) in [6.45, 7) is 2.43. The molecule has 0 spiro atoms. The lowest BCUT2D eigenvalue weighted by molar-refractivity contribution is -0.121. The van der Waals surface area contributed by atoms with Gasteiger partial charge in [-0.25, -0.2) is 4.39 Å². The molecule has 1 amide bonds. The Bertz CT molecular complexity index is 368. The van der Waals surface area contributed by atoms with E-state index in [0.717, 1.165) is 18.4 Å². The van der Waals surface area contributed by atoms with Crippen LogP contribution in [0.3, 0.4) is 0 Å². The highest BCUT2D eigenvalue weighted by molar-refractivity contribution is 6.30. The number of carbonyl (C=O) groups excluding carboxylic acids is 1. The fourth-order valence-corrected chi connectivity index (χ4v) is 1.48. The fourth-order valence-electron chi connectivity index (χ4n) is 1.28. The first-order valence-corrected chi connectivity index (χ1v) is 5.72. The first kappa shape index (κ1) is 13.0. The molecule has 0 saturated heterocycles. The normalized spacial score (nSPS) is 10.2. The first-order chi connectivity index (χ1) is 7.63. The van der Waals surface area contributed by atoms with Crippen molar-refractivity contribution in [2.24, 2.45) is 0 Å². The molecular formula is C12H15ClFNO. The Labute approximate surface area is 99.8 Å². The average molecular weight is 244 g/mol. The van der Waals surface area contributed by atoms with E-state index < -0.39 is 5.82 Å². The number of amides is 1. The predicted octanol–water partition coefficient (Wildman–Crippen LogP) is 3.29. The van der Waals surface area contributed by atoms with Crippen LogP contribution in [-0.4, -0.2) is 5.91 Å². The summed E-state index contributed by atoms with van der Waals surface area (Å²) in [7, 11) is 0. The molecule has 16 heavy (non-hydrogen) atoms. The second-order valence-corrected chi connectivity index (χ2v) is 4.04. The lowest BCUT2D eigenvalue weighted by atomic mass is 10.2. The number of nitrogens with one attached hydrogen (secondary N) is 1. The van der Waals surface area contributed by atoms with Gasteiger partial charge in [0.15, 0.2) is 0 Å². The van der Waals surface area contributed by atoms with E-state index in [4.69, 9.17) is 11.6 Å². The van der Waals surface area contributed by atoms with Gasteiger partial charge in [0, 0.05) is 13.0 Å². The van der Waals surface area contributed by atoms with Gasteiger partial charge in [0.05, 0.1) is 5.02 Å². The third-order valence-electron chi connectivity index (χ3n) is 2.23. The van der Waals surface area contributed by atoms with Gasteiger partial charge < -0.3 is 5.32 Å². The van der Waals surface area contributed by atoms with Crippen molar-refractivity contribution in [3.8, 4) is 0 Å². The van der Waals surface area contributed by atoms with E-state index in [1.54, 1.807) is 6.07 Å². The first-order valence-electron chi connectivity index (χ1n) is 5.34. The van der Waals surface area contributed by atoms with Crippen LogP contribution in [-0.2, 0) is 11.3 Å². The Morgan fingerprint density at radius 1 is 1.50 bits per heavy atom. The summed E-state index contributed by atoms with van der Waals surface area (Å²) in [5.41, 5.74) is 0.802. The summed E-state index contributed by atoms with van der Waals surface area (Å²) in [6.07, 6.45) is 2.41. The zero-order valence-electron chi connectivity index (χ0n) is 9.22. The van der Waals surface area contributed by atoms with Crippen molar-refractivity contribution >= 4 is 17.5 Å². The molecule has 2 nitrogen and oxygen atoms in total. The predicted molar refractivity (Wildman–Crippen MR) is 62.8 cm³/mol. The third kappa shape index (κ3) is 4.19. The quantitative estimate of drug-likeness (QED) is 0.845. The molecule has 1 N–H and O–H groups in total. The zero-order chi connectivity index (χ0) is 12.0. The molecule has 0 aliphatic rings. The molecule has 0 aliphatic carbocycles. The summed E-state index contributed by atoms with van der Waals surface area (Å²) in [6, 6.07) is 4.44. The largest absolute Gasteiger partial charge is 0.352 e. The molecule has 0 atom stereocenters. The smallest absolute Gasteiger partial charge is 0.220 e. The van der Waals surface area contributed by atoms with Crippen molar-refractivity contribution in [3.05, 3.63) is 34.6 Å². The summed E-state index contributed by atoms with van der Waals surface area (Å²) in [4.78, 5) is 11.3. The van der Waals surface area contributed by atoms with E-state index in [1.807, 2.05) is 6.92 Å². The van der Waals surface area contributed by atoms with Gasteiger partial charge in [0.1, 0.15) is 5.82 Å². The van der Waals surface area contributed by atoms with E-state index >= 15 is 0 Å². The van der Waals surface area contributed by atoms with Crippen molar-refractivity contribution in [3.63, 3.8) is 0 Å². The number of carbonyl (C=O) groups is 1. The number of hydrogen-bond donors (Lipinski definition) is 1. The van der Waals surface area contributed by atoms with Gasteiger partial charge in [-0.2, -0.15) is 0 Å². The van der Waals surface area contributed by atoms with Crippen LogP contribution in [0.25, 0.3) is 0 Å². The Balaban J connectivity index is 2.42. The van der Waals surface area contributed by atoms with Gasteiger partial charge in [-0.05, 0) is 24.1 Å². The van der Waals surface area contributed by atoms with Gasteiger partial charge in [0.2, 0.25) is 5.91 Å². The maximum Gasteiger partial charge on any atom is 0.220 e. The van der Waals surface area contributed by atoms with E-state index in [2.05, 4.69) is 5.32 Å². The second-order valence-electron chi connectivity index (χ2n) is 3.63. The Morgan fingerprint density at radius 3 is 2.88 bits per heavy atom. The van der Waals surface area contributed by atoms with E-state index in [1.165, 1.54) is 12.1 Å². The lowest BCUT2D eigenvalue weighted by Gasteiger charge is -2.05. The Kier molecular flexibility index (Phi) is 5.26. The van der Waals surface area contributed by atoms with Crippen LogP contribution in [0.5, 0.6) is 0 Å². The molecule has 1 aromatic carbocycles. The molecular weight excluding hydrogens is 229 g/mol. The van der Waals surface area contributed by atoms with Gasteiger partial charge >= 0.3 is 0 Å². The molecule has 1 aromatic rings. The van der Waals surface area contributed by atoms with E-state index in [9.17, 15) is 9.18 Å². The molecule has 1 rings (SSSR count). The van der Waals surface area contributed by atoms with Crippen LogP contribution in [0, 0.1) is 5.82 Å². The van der Waals surface area contributed by atoms with E-state index in [-0.39, 0.29) is 10.9 Å². The summed E-state index contributed by atoms with van der Waals surface area (Å²) < 4.78 is 12.8. The van der Waals surface area contributed by atoms with Crippen LogP contribution in [0.2, 0.25) is 5.02 Å². The SMILES string of the molecule is CCCCC(=O)NCc1ccc(F)c(Cl)c1. The molecule has 0 saturated carbocycles. The molecule has 88 valence electrons. The van der Waals surface area contributed by atoms with Crippen LogP contribution in [0.15, 0.2) is 18.2 Å². The van der Waals surface area contributed by atoms with Crippen molar-refractivity contribution in [1.29, 1.82) is 0 Å². The highest BCUT2D eigenvalue weighted by Crippen LogP contribution is 2.15. The highest BCUT2D eigenvalue weighted by Gasteiger charge is 2.03. The molecule has 0 aromatic heterocycles. The summed E-state index contributed by atoms with van der Waals surface area (Å²) in [5.74, 6) is -0.426. The van der Waals surface area contributed by atoms with Crippen LogP contribution < -0.4 is 5.32 Å². The fraction of sp³-hybridized carbons (Fsp3) is 0.417. The maximum absolute atomic E-state index is 12.8. The standard InChI is InChI=1S/C12H15ClFNO/c1-2-3-4-12(16)15-8-9-5-6-11(14)10(13)7-9/h5-7H,2-4,8H2,1H3,(H,15,16). The van der Waals surface area contributed by atoms with Crippen LogP contribution >= 0.6 is 11.6 Å². The minimum Gasteiger partial charge on any atom is -0.352 e. The molecule has 4 heteroatoms. The number of halogens is 2. The Hall–Kier alpha value is -1.09.